The van der Waals surface area contributed by atoms with E-state index in [9.17, 15) is 4.79 Å². The van der Waals surface area contributed by atoms with Crippen LogP contribution in [0.1, 0.15) is 16.7 Å². The van der Waals surface area contributed by atoms with Crippen molar-refractivity contribution in [1.82, 2.24) is 10.6 Å². The normalized spacial score (nSPS) is 17.4. The van der Waals surface area contributed by atoms with Crippen LogP contribution in [0.5, 0.6) is 23.0 Å². The first-order valence-electron chi connectivity index (χ1n) is 8.81. The first kappa shape index (κ1) is 15.9. The Kier molecular flexibility index (Phi) is 3.78. The molecule has 138 valence electrons. The monoisotopic (exact) mass is 366 g/mol. The van der Waals surface area contributed by atoms with Gasteiger partial charge in [0.05, 0.1) is 0 Å². The summed E-state index contributed by atoms with van der Waals surface area (Å²) < 4.78 is 21.6. The molecular formula is C20H18N2O5. The SMILES string of the molecule is O=C(/C=C1\NCCc2cc3c(cc21)OCO3)NCc1ccc2c(c1)OCO2. The molecule has 27 heavy (non-hydrogen) atoms. The highest BCUT2D eigenvalue weighted by Gasteiger charge is 2.22. The summed E-state index contributed by atoms with van der Waals surface area (Å²) >= 11 is 0. The van der Waals surface area contributed by atoms with E-state index in [0.29, 0.717) is 18.0 Å². The van der Waals surface area contributed by atoms with Crippen LogP contribution in [0, 0.1) is 0 Å². The molecule has 0 bridgehead atoms. The topological polar surface area (TPSA) is 78.1 Å². The fraction of sp³-hybridized carbons (Fsp3) is 0.250. The van der Waals surface area contributed by atoms with E-state index >= 15 is 0 Å². The van der Waals surface area contributed by atoms with Gasteiger partial charge in [-0.2, -0.15) is 0 Å². The van der Waals surface area contributed by atoms with Crippen molar-refractivity contribution in [1.29, 1.82) is 0 Å². The van der Waals surface area contributed by atoms with Gasteiger partial charge in [0, 0.05) is 30.4 Å². The molecule has 2 aromatic carbocycles. The van der Waals surface area contributed by atoms with Gasteiger partial charge in [0.2, 0.25) is 19.5 Å². The molecule has 0 fully saturated rings. The van der Waals surface area contributed by atoms with Crippen LogP contribution in [0.25, 0.3) is 5.70 Å². The Hall–Kier alpha value is -3.35. The number of rotatable bonds is 3. The second-order valence-corrected chi connectivity index (χ2v) is 6.50. The highest BCUT2D eigenvalue weighted by molar-refractivity contribution is 5.95. The quantitative estimate of drug-likeness (QED) is 0.809. The summed E-state index contributed by atoms with van der Waals surface area (Å²) in [6, 6.07) is 9.57. The van der Waals surface area contributed by atoms with E-state index in [1.54, 1.807) is 6.08 Å². The summed E-state index contributed by atoms with van der Waals surface area (Å²) in [7, 11) is 0. The van der Waals surface area contributed by atoms with E-state index in [4.69, 9.17) is 18.9 Å². The van der Waals surface area contributed by atoms with Crippen LogP contribution in [0.2, 0.25) is 0 Å². The Labute approximate surface area is 155 Å². The molecular weight excluding hydrogens is 348 g/mol. The summed E-state index contributed by atoms with van der Waals surface area (Å²) in [4.78, 5) is 12.4. The van der Waals surface area contributed by atoms with Gasteiger partial charge in [-0.15, -0.1) is 0 Å². The first-order chi connectivity index (χ1) is 13.3. The van der Waals surface area contributed by atoms with Crippen LogP contribution in [0.3, 0.4) is 0 Å². The second kappa shape index (κ2) is 6.42. The molecule has 3 aliphatic heterocycles. The van der Waals surface area contributed by atoms with E-state index in [1.165, 1.54) is 0 Å². The Bertz CT molecular complexity index is 954. The molecule has 7 nitrogen and oxygen atoms in total. The minimum atomic E-state index is -0.166. The fourth-order valence-corrected chi connectivity index (χ4v) is 3.42. The van der Waals surface area contributed by atoms with Gasteiger partial charge in [-0.25, -0.2) is 0 Å². The van der Waals surface area contributed by atoms with Crippen molar-refractivity contribution >= 4 is 11.6 Å². The van der Waals surface area contributed by atoms with Crippen LogP contribution in [0.4, 0.5) is 0 Å². The van der Waals surface area contributed by atoms with Gasteiger partial charge >= 0.3 is 0 Å². The molecule has 3 heterocycles. The maximum Gasteiger partial charge on any atom is 0.246 e. The predicted octanol–water partition coefficient (Wildman–Crippen LogP) is 1.95. The van der Waals surface area contributed by atoms with Crippen molar-refractivity contribution in [2.75, 3.05) is 20.1 Å². The number of ether oxygens (including phenoxy) is 4. The Morgan fingerprint density at radius 2 is 1.74 bits per heavy atom. The number of amides is 1. The lowest BCUT2D eigenvalue weighted by Gasteiger charge is -2.21. The molecule has 0 atom stereocenters. The lowest BCUT2D eigenvalue weighted by atomic mass is 9.97. The van der Waals surface area contributed by atoms with Gasteiger partial charge in [0.1, 0.15) is 0 Å². The number of benzene rings is 2. The third kappa shape index (κ3) is 3.01. The second-order valence-electron chi connectivity index (χ2n) is 6.50. The van der Waals surface area contributed by atoms with E-state index in [0.717, 1.165) is 46.9 Å². The number of hydrogen-bond acceptors (Lipinski definition) is 6. The zero-order valence-corrected chi connectivity index (χ0v) is 14.5. The highest BCUT2D eigenvalue weighted by Crippen LogP contribution is 2.38. The van der Waals surface area contributed by atoms with E-state index in [2.05, 4.69) is 10.6 Å². The van der Waals surface area contributed by atoms with Gasteiger partial charge in [0.25, 0.3) is 0 Å². The smallest absolute Gasteiger partial charge is 0.246 e. The van der Waals surface area contributed by atoms with Crippen molar-refractivity contribution in [3.8, 4) is 23.0 Å². The van der Waals surface area contributed by atoms with E-state index < -0.39 is 0 Å². The van der Waals surface area contributed by atoms with Crippen molar-refractivity contribution < 1.29 is 23.7 Å². The fourth-order valence-electron chi connectivity index (χ4n) is 3.42. The van der Waals surface area contributed by atoms with Crippen molar-refractivity contribution in [2.45, 2.75) is 13.0 Å². The number of carbonyl (C=O) groups is 1. The summed E-state index contributed by atoms with van der Waals surface area (Å²) in [5, 5.41) is 6.21. The van der Waals surface area contributed by atoms with Gasteiger partial charge in [0.15, 0.2) is 23.0 Å². The van der Waals surface area contributed by atoms with Crippen LogP contribution in [-0.2, 0) is 17.8 Å². The van der Waals surface area contributed by atoms with Gasteiger partial charge in [-0.1, -0.05) is 6.07 Å². The lowest BCUT2D eigenvalue weighted by Crippen LogP contribution is -2.26. The van der Waals surface area contributed by atoms with Crippen molar-refractivity contribution in [2.24, 2.45) is 0 Å². The van der Waals surface area contributed by atoms with Gasteiger partial charge in [-0.05, 0) is 41.8 Å². The minimum Gasteiger partial charge on any atom is -0.454 e. The van der Waals surface area contributed by atoms with Crippen LogP contribution >= 0.6 is 0 Å². The van der Waals surface area contributed by atoms with Crippen LogP contribution < -0.4 is 29.6 Å². The van der Waals surface area contributed by atoms with Gasteiger partial charge in [-0.3, -0.25) is 4.79 Å². The maximum absolute atomic E-state index is 12.4. The number of hydrogen-bond donors (Lipinski definition) is 2. The largest absolute Gasteiger partial charge is 0.454 e. The molecule has 2 aromatic rings. The highest BCUT2D eigenvalue weighted by atomic mass is 16.7. The van der Waals surface area contributed by atoms with Crippen molar-refractivity contribution in [3.05, 3.63) is 53.1 Å². The molecule has 2 N–H and O–H groups in total. The minimum absolute atomic E-state index is 0.166. The molecule has 0 saturated carbocycles. The zero-order chi connectivity index (χ0) is 18.2. The number of nitrogens with one attached hydrogen (secondary N) is 2. The Balaban J connectivity index is 1.31. The summed E-state index contributed by atoms with van der Waals surface area (Å²) in [6.07, 6.45) is 2.47. The van der Waals surface area contributed by atoms with Crippen LogP contribution in [-0.4, -0.2) is 26.0 Å². The lowest BCUT2D eigenvalue weighted by molar-refractivity contribution is -0.116. The average molecular weight is 366 g/mol. The molecule has 3 aliphatic rings. The van der Waals surface area contributed by atoms with Gasteiger partial charge < -0.3 is 29.6 Å². The van der Waals surface area contributed by atoms with Crippen molar-refractivity contribution in [3.63, 3.8) is 0 Å². The predicted molar refractivity (Wildman–Crippen MR) is 96.7 cm³/mol. The summed E-state index contributed by atoms with van der Waals surface area (Å²) in [5.74, 6) is 2.75. The standard InChI is InChI=1S/C20H18N2O5/c23-20(22-9-12-1-2-16-17(5-12)25-10-24-16)8-15-14-7-19-18(26-11-27-19)6-13(14)3-4-21-15/h1-2,5-8,21H,3-4,9-11H2,(H,22,23)/b15-8-. The molecule has 0 aromatic heterocycles. The maximum atomic E-state index is 12.4. The molecule has 0 saturated heterocycles. The Morgan fingerprint density at radius 1 is 1.00 bits per heavy atom. The Morgan fingerprint density at radius 3 is 2.59 bits per heavy atom. The van der Waals surface area contributed by atoms with Crippen LogP contribution in [0.15, 0.2) is 36.4 Å². The third-order valence-corrected chi connectivity index (χ3v) is 4.78. The summed E-state index contributed by atoms with van der Waals surface area (Å²) in [5.41, 5.74) is 3.86. The third-order valence-electron chi connectivity index (χ3n) is 4.78. The number of fused-ring (bicyclic) bond motifs is 3. The molecule has 0 spiro atoms. The molecule has 0 aliphatic carbocycles. The van der Waals surface area contributed by atoms with E-state index in [-0.39, 0.29) is 19.5 Å². The molecule has 0 radical (unpaired) electrons. The zero-order valence-electron chi connectivity index (χ0n) is 14.5. The molecule has 0 unspecified atom stereocenters. The summed E-state index contributed by atoms with van der Waals surface area (Å²) in [6.45, 7) is 1.66. The number of carbonyl (C=O) groups excluding carboxylic acids is 1. The molecule has 7 heteroatoms. The van der Waals surface area contributed by atoms with E-state index in [1.807, 2.05) is 30.3 Å². The molecule has 5 rings (SSSR count). The average Bonchev–Trinajstić information content (AvgIpc) is 3.33. The molecule has 1 amide bonds. The first-order valence-corrected chi connectivity index (χ1v) is 8.81.